The van der Waals surface area contributed by atoms with E-state index in [-0.39, 0.29) is 6.10 Å². The minimum absolute atomic E-state index is 0.225. The second-order valence-electron chi connectivity index (χ2n) is 6.29. The first-order valence-electron chi connectivity index (χ1n) is 7.19. The van der Waals surface area contributed by atoms with Crippen LogP contribution in [0.15, 0.2) is 24.3 Å². The van der Waals surface area contributed by atoms with Crippen molar-refractivity contribution < 1.29 is 4.74 Å². The molecule has 0 amide bonds. The topological polar surface area (TPSA) is 38.5 Å². The molecule has 0 aromatic heterocycles. The largest absolute Gasteiger partial charge is 0.491 e. The summed E-state index contributed by atoms with van der Waals surface area (Å²) in [6, 6.07) is 8.42. The minimum Gasteiger partial charge on any atom is -0.491 e. The van der Waals surface area contributed by atoms with Crippen molar-refractivity contribution in [3.63, 3.8) is 0 Å². The van der Waals surface area contributed by atoms with Crippen LogP contribution in [0.2, 0.25) is 0 Å². The van der Waals surface area contributed by atoms with E-state index in [2.05, 4.69) is 43.9 Å². The van der Waals surface area contributed by atoms with Crippen LogP contribution in [-0.4, -0.2) is 30.6 Å². The molecule has 1 aliphatic rings. The summed E-state index contributed by atoms with van der Waals surface area (Å²) in [5.41, 5.74) is 7.47. The monoisotopic (exact) mass is 262 g/mol. The normalized spacial score (nSPS) is 24.1. The lowest BCUT2D eigenvalue weighted by Crippen LogP contribution is -2.31. The maximum absolute atomic E-state index is 5.86. The van der Waals surface area contributed by atoms with Gasteiger partial charge in [0.05, 0.1) is 6.10 Å². The lowest BCUT2D eigenvalue weighted by Gasteiger charge is -2.22. The van der Waals surface area contributed by atoms with Crippen LogP contribution < -0.4 is 10.5 Å². The Bertz CT molecular complexity index is 419. The molecule has 1 aromatic carbocycles. The molecular weight excluding hydrogens is 236 g/mol. The summed E-state index contributed by atoms with van der Waals surface area (Å²) < 4.78 is 5.74. The molecule has 3 heteroatoms. The number of nitrogens with two attached hydrogens (primary N) is 1. The molecular formula is C16H26N2O. The third-order valence-corrected chi connectivity index (χ3v) is 3.81. The van der Waals surface area contributed by atoms with Gasteiger partial charge in [0, 0.05) is 13.1 Å². The number of hydrogen-bond donors (Lipinski definition) is 1. The lowest BCUT2D eigenvalue weighted by molar-refractivity contribution is 0.241. The van der Waals surface area contributed by atoms with Crippen molar-refractivity contribution in [1.29, 1.82) is 0 Å². The van der Waals surface area contributed by atoms with Crippen LogP contribution in [0.5, 0.6) is 5.75 Å². The van der Waals surface area contributed by atoms with E-state index in [1.165, 1.54) is 12.0 Å². The average molecular weight is 262 g/mol. The lowest BCUT2D eigenvalue weighted by atomic mass is 9.90. The van der Waals surface area contributed by atoms with Crippen LogP contribution in [0.3, 0.4) is 0 Å². The van der Waals surface area contributed by atoms with Gasteiger partial charge >= 0.3 is 0 Å². The number of rotatable bonds is 5. The van der Waals surface area contributed by atoms with Crippen LogP contribution in [-0.2, 0) is 6.54 Å². The van der Waals surface area contributed by atoms with E-state index in [4.69, 9.17) is 10.5 Å². The first-order valence-corrected chi connectivity index (χ1v) is 7.19. The van der Waals surface area contributed by atoms with Crippen molar-refractivity contribution >= 4 is 0 Å². The Labute approximate surface area is 116 Å². The van der Waals surface area contributed by atoms with E-state index in [0.29, 0.717) is 5.41 Å². The minimum atomic E-state index is 0.225. The van der Waals surface area contributed by atoms with Crippen LogP contribution in [0.1, 0.15) is 32.8 Å². The predicted octanol–water partition coefficient (Wildman–Crippen LogP) is 2.64. The van der Waals surface area contributed by atoms with E-state index in [1.807, 2.05) is 6.07 Å². The third kappa shape index (κ3) is 3.95. The molecule has 2 rings (SSSR count). The Morgan fingerprint density at radius 1 is 1.42 bits per heavy atom. The molecule has 1 fully saturated rings. The zero-order valence-corrected chi connectivity index (χ0v) is 12.4. The Hall–Kier alpha value is -1.06. The van der Waals surface area contributed by atoms with E-state index in [0.717, 1.165) is 31.9 Å². The highest BCUT2D eigenvalue weighted by Gasteiger charge is 2.32. The number of ether oxygens (including phenoxy) is 1. The highest BCUT2D eigenvalue weighted by molar-refractivity contribution is 5.28. The smallest absolute Gasteiger partial charge is 0.120 e. The average Bonchev–Trinajstić information content (AvgIpc) is 2.71. The summed E-state index contributed by atoms with van der Waals surface area (Å²) in [5, 5.41) is 0. The molecule has 2 N–H and O–H groups in total. The quantitative estimate of drug-likeness (QED) is 0.886. The maximum Gasteiger partial charge on any atom is 0.120 e. The molecule has 0 saturated carbocycles. The molecule has 1 saturated heterocycles. The molecule has 0 bridgehead atoms. The van der Waals surface area contributed by atoms with Crippen molar-refractivity contribution in [2.24, 2.45) is 11.1 Å². The van der Waals surface area contributed by atoms with Crippen molar-refractivity contribution in [1.82, 2.24) is 4.90 Å². The van der Waals surface area contributed by atoms with E-state index in [1.54, 1.807) is 0 Å². The summed E-state index contributed by atoms with van der Waals surface area (Å²) in [5.74, 6) is 0.966. The molecule has 1 unspecified atom stereocenters. The Morgan fingerprint density at radius 2 is 2.21 bits per heavy atom. The second kappa shape index (κ2) is 5.93. The Morgan fingerprint density at radius 3 is 2.84 bits per heavy atom. The number of benzene rings is 1. The molecule has 0 aliphatic carbocycles. The molecule has 1 heterocycles. The summed E-state index contributed by atoms with van der Waals surface area (Å²) in [6.45, 7) is 10.4. The van der Waals surface area contributed by atoms with Gasteiger partial charge in [-0.05, 0) is 56.5 Å². The fraction of sp³-hybridized carbons (Fsp3) is 0.625. The number of nitrogens with zero attached hydrogens (tertiary/aromatic N) is 1. The highest BCUT2D eigenvalue weighted by atomic mass is 16.5. The van der Waals surface area contributed by atoms with Gasteiger partial charge in [0.2, 0.25) is 0 Å². The Balaban J connectivity index is 1.96. The maximum atomic E-state index is 5.86. The third-order valence-electron chi connectivity index (χ3n) is 3.81. The fourth-order valence-electron chi connectivity index (χ4n) is 2.68. The van der Waals surface area contributed by atoms with Gasteiger partial charge in [0.25, 0.3) is 0 Å². The van der Waals surface area contributed by atoms with Gasteiger partial charge in [0.1, 0.15) is 5.75 Å². The van der Waals surface area contributed by atoms with Gasteiger partial charge in [-0.15, -0.1) is 0 Å². The van der Waals surface area contributed by atoms with Gasteiger partial charge in [-0.2, -0.15) is 0 Å². The Kier molecular flexibility index (Phi) is 4.48. The summed E-state index contributed by atoms with van der Waals surface area (Å²) in [6.07, 6.45) is 1.42. The zero-order valence-electron chi connectivity index (χ0n) is 12.4. The molecule has 3 nitrogen and oxygen atoms in total. The van der Waals surface area contributed by atoms with Crippen molar-refractivity contribution in [3.05, 3.63) is 29.8 Å². The van der Waals surface area contributed by atoms with E-state index < -0.39 is 0 Å². The molecule has 1 atom stereocenters. The van der Waals surface area contributed by atoms with Crippen molar-refractivity contribution in [2.45, 2.75) is 39.8 Å². The van der Waals surface area contributed by atoms with Gasteiger partial charge in [0.15, 0.2) is 0 Å². The van der Waals surface area contributed by atoms with Gasteiger partial charge in [-0.3, -0.25) is 4.90 Å². The summed E-state index contributed by atoms with van der Waals surface area (Å²) in [7, 11) is 0. The van der Waals surface area contributed by atoms with Gasteiger partial charge < -0.3 is 10.5 Å². The fourth-order valence-corrected chi connectivity index (χ4v) is 2.68. The van der Waals surface area contributed by atoms with Crippen LogP contribution in [0.4, 0.5) is 0 Å². The number of hydrogen-bond acceptors (Lipinski definition) is 3. The van der Waals surface area contributed by atoms with Gasteiger partial charge in [-0.25, -0.2) is 0 Å². The molecule has 1 aromatic rings. The summed E-state index contributed by atoms with van der Waals surface area (Å²) in [4.78, 5) is 2.49. The van der Waals surface area contributed by atoms with Crippen LogP contribution >= 0.6 is 0 Å². The molecule has 1 aliphatic heterocycles. The van der Waals surface area contributed by atoms with Crippen LogP contribution in [0.25, 0.3) is 0 Å². The van der Waals surface area contributed by atoms with E-state index >= 15 is 0 Å². The zero-order chi connectivity index (χ0) is 13.9. The molecule has 0 radical (unpaired) electrons. The van der Waals surface area contributed by atoms with Crippen LogP contribution in [0, 0.1) is 5.41 Å². The SMILES string of the molecule is CC(C)Oc1cccc(CN2CCC(C)(CN)C2)c1. The van der Waals surface area contributed by atoms with Gasteiger partial charge in [-0.1, -0.05) is 19.1 Å². The number of likely N-dealkylation sites (tertiary alicyclic amines) is 1. The second-order valence-corrected chi connectivity index (χ2v) is 6.29. The molecule has 19 heavy (non-hydrogen) atoms. The molecule has 106 valence electrons. The highest BCUT2D eigenvalue weighted by Crippen LogP contribution is 2.29. The van der Waals surface area contributed by atoms with E-state index in [9.17, 15) is 0 Å². The standard InChI is InChI=1S/C16H26N2O/c1-13(2)19-15-6-4-5-14(9-15)10-18-8-7-16(3,11-17)12-18/h4-6,9,13H,7-8,10-12,17H2,1-3H3. The first kappa shape index (κ1) is 14.4. The van der Waals surface area contributed by atoms with Crippen molar-refractivity contribution in [3.8, 4) is 5.75 Å². The van der Waals surface area contributed by atoms with Crippen molar-refractivity contribution in [2.75, 3.05) is 19.6 Å². The predicted molar refractivity (Wildman–Crippen MR) is 79.3 cm³/mol. The molecule has 0 spiro atoms. The summed E-state index contributed by atoms with van der Waals surface area (Å²) >= 11 is 0. The first-order chi connectivity index (χ1) is 9.00.